The Labute approximate surface area is 168 Å². The lowest BCUT2D eigenvalue weighted by atomic mass is 10.2. The number of amides is 1. The molecule has 0 aliphatic rings. The minimum absolute atomic E-state index is 0.203. The number of anilines is 1. The number of carbonyl (C=O) groups excluding carboxylic acids is 1. The van der Waals surface area contributed by atoms with Crippen LogP contribution in [0.15, 0.2) is 59.5 Å². The van der Waals surface area contributed by atoms with Gasteiger partial charge in [0, 0.05) is 16.7 Å². The fraction of sp³-hybridized carbons (Fsp3) is 0.0526. The molecule has 5 nitrogen and oxygen atoms in total. The van der Waals surface area contributed by atoms with E-state index in [0.29, 0.717) is 30.7 Å². The van der Waals surface area contributed by atoms with E-state index in [2.05, 4.69) is 10.3 Å². The van der Waals surface area contributed by atoms with Gasteiger partial charge in [0.2, 0.25) is 0 Å². The number of sulfone groups is 1. The summed E-state index contributed by atoms with van der Waals surface area (Å²) in [6.45, 7) is 0. The van der Waals surface area contributed by atoms with Gasteiger partial charge in [-0.3, -0.25) is 10.1 Å². The molecule has 4 rings (SSSR count). The zero-order chi connectivity index (χ0) is 19.9. The summed E-state index contributed by atoms with van der Waals surface area (Å²) in [5.41, 5.74) is 1.05. The van der Waals surface area contributed by atoms with Crippen LogP contribution in [0.4, 0.5) is 9.52 Å². The number of nitrogens with one attached hydrogen (secondary N) is 1. The zero-order valence-corrected chi connectivity index (χ0v) is 16.9. The van der Waals surface area contributed by atoms with Crippen LogP contribution >= 0.6 is 22.7 Å². The van der Waals surface area contributed by atoms with Crippen LogP contribution < -0.4 is 5.32 Å². The Bertz CT molecular complexity index is 1310. The highest BCUT2D eigenvalue weighted by molar-refractivity contribution is 7.90. The van der Waals surface area contributed by atoms with E-state index in [-0.39, 0.29) is 16.6 Å². The van der Waals surface area contributed by atoms with Gasteiger partial charge in [-0.15, -0.1) is 11.3 Å². The maximum atomic E-state index is 13.9. The largest absolute Gasteiger partial charge is 0.297 e. The van der Waals surface area contributed by atoms with Gasteiger partial charge in [0.05, 0.1) is 20.0 Å². The van der Waals surface area contributed by atoms with Gasteiger partial charge < -0.3 is 0 Å². The molecule has 0 bridgehead atoms. The van der Waals surface area contributed by atoms with Crippen LogP contribution in [0.3, 0.4) is 0 Å². The van der Waals surface area contributed by atoms with Gasteiger partial charge in [0.1, 0.15) is 5.82 Å². The van der Waals surface area contributed by atoms with Crippen LogP contribution in [0.1, 0.15) is 9.67 Å². The molecule has 2 aromatic heterocycles. The molecular formula is C19H13FN2O3S3. The summed E-state index contributed by atoms with van der Waals surface area (Å²) < 4.78 is 37.9. The van der Waals surface area contributed by atoms with Crippen molar-refractivity contribution in [2.45, 2.75) is 4.90 Å². The normalized spacial score (nSPS) is 11.6. The van der Waals surface area contributed by atoms with E-state index in [1.54, 1.807) is 42.5 Å². The molecule has 0 saturated carbocycles. The summed E-state index contributed by atoms with van der Waals surface area (Å²) in [6.07, 6.45) is 1.14. The highest BCUT2D eigenvalue weighted by atomic mass is 32.2. The first-order valence-corrected chi connectivity index (χ1v) is 11.6. The van der Waals surface area contributed by atoms with Crippen molar-refractivity contribution in [1.82, 2.24) is 4.98 Å². The Morgan fingerprint density at radius 3 is 2.61 bits per heavy atom. The molecule has 0 saturated heterocycles. The fourth-order valence-electron chi connectivity index (χ4n) is 2.61. The standard InChI is InChI=1S/C19H13FN2O3S3/c1-28(24,25)11-6-7-14-17(10-11)27-19(21-14)22-18(23)16-9-8-15(26-16)12-4-2-3-5-13(12)20/h2-10H,1H3,(H,21,22,23). The predicted octanol–water partition coefficient (Wildman–Crippen LogP) is 4.82. The van der Waals surface area contributed by atoms with E-state index in [9.17, 15) is 17.6 Å². The Hall–Kier alpha value is -2.62. The van der Waals surface area contributed by atoms with Gasteiger partial charge in [-0.05, 0) is 36.4 Å². The average Bonchev–Trinajstić information content (AvgIpc) is 3.27. The Morgan fingerprint density at radius 1 is 1.07 bits per heavy atom. The Morgan fingerprint density at radius 2 is 1.86 bits per heavy atom. The van der Waals surface area contributed by atoms with Crippen molar-refractivity contribution in [3.8, 4) is 10.4 Å². The first-order chi connectivity index (χ1) is 13.3. The predicted molar refractivity (Wildman–Crippen MR) is 110 cm³/mol. The summed E-state index contributed by atoms with van der Waals surface area (Å²) in [5.74, 6) is -0.695. The maximum absolute atomic E-state index is 13.9. The molecule has 142 valence electrons. The van der Waals surface area contributed by atoms with Crippen LogP contribution in [-0.2, 0) is 9.84 Å². The lowest BCUT2D eigenvalue weighted by Gasteiger charge is -1.99. The quantitative estimate of drug-likeness (QED) is 0.502. The van der Waals surface area contributed by atoms with Crippen LogP contribution in [0.25, 0.3) is 20.7 Å². The van der Waals surface area contributed by atoms with Crippen LogP contribution in [0.2, 0.25) is 0 Å². The van der Waals surface area contributed by atoms with Gasteiger partial charge in [-0.2, -0.15) is 0 Å². The molecular weight excluding hydrogens is 419 g/mol. The molecule has 2 aromatic carbocycles. The summed E-state index contributed by atoms with van der Waals surface area (Å²) in [6, 6.07) is 14.4. The number of rotatable bonds is 4. The first kappa shape index (κ1) is 18.7. The van der Waals surface area contributed by atoms with Crippen molar-refractivity contribution >= 4 is 53.8 Å². The monoisotopic (exact) mass is 432 g/mol. The SMILES string of the molecule is CS(=O)(=O)c1ccc2nc(NC(=O)c3ccc(-c4ccccc4F)s3)sc2c1. The Kier molecular flexibility index (Phi) is 4.74. The third-order valence-electron chi connectivity index (χ3n) is 3.98. The number of aromatic nitrogens is 1. The second kappa shape index (κ2) is 7.08. The topological polar surface area (TPSA) is 76.1 Å². The lowest BCUT2D eigenvalue weighted by molar-refractivity contribution is 0.103. The number of fused-ring (bicyclic) bond motifs is 1. The number of hydrogen-bond donors (Lipinski definition) is 1. The minimum atomic E-state index is -3.32. The first-order valence-electron chi connectivity index (χ1n) is 8.08. The van der Waals surface area contributed by atoms with Crippen LogP contribution in [0, 0.1) is 5.82 Å². The summed E-state index contributed by atoms with van der Waals surface area (Å²) >= 11 is 2.38. The molecule has 0 spiro atoms. The number of thiophene rings is 1. The molecule has 0 aliphatic heterocycles. The maximum Gasteiger partial charge on any atom is 0.267 e. The molecule has 9 heteroatoms. The second-order valence-corrected chi connectivity index (χ2v) is 10.1. The summed E-state index contributed by atoms with van der Waals surface area (Å²) in [5, 5.41) is 3.09. The second-order valence-electron chi connectivity index (χ2n) is 6.02. The molecule has 4 aromatic rings. The van der Waals surface area contributed by atoms with Gasteiger partial charge >= 0.3 is 0 Å². The van der Waals surface area contributed by atoms with Crippen molar-refractivity contribution < 1.29 is 17.6 Å². The highest BCUT2D eigenvalue weighted by Crippen LogP contribution is 2.32. The number of thiazole rings is 1. The van der Waals surface area contributed by atoms with Gasteiger partial charge in [-0.25, -0.2) is 17.8 Å². The Balaban J connectivity index is 1.58. The van der Waals surface area contributed by atoms with Gasteiger partial charge in [-0.1, -0.05) is 29.5 Å². The van der Waals surface area contributed by atoms with E-state index in [1.807, 2.05) is 0 Å². The molecule has 0 aliphatic carbocycles. The average molecular weight is 433 g/mol. The molecule has 0 fully saturated rings. The molecule has 28 heavy (non-hydrogen) atoms. The van der Waals surface area contributed by atoms with Crippen molar-refractivity contribution in [3.05, 3.63) is 65.3 Å². The lowest BCUT2D eigenvalue weighted by Crippen LogP contribution is -2.09. The fourth-order valence-corrected chi connectivity index (χ4v) is 5.16. The minimum Gasteiger partial charge on any atom is -0.297 e. The molecule has 0 unspecified atom stereocenters. The van der Waals surface area contributed by atoms with Crippen molar-refractivity contribution in [1.29, 1.82) is 0 Å². The molecule has 0 atom stereocenters. The third-order valence-corrected chi connectivity index (χ3v) is 7.14. The number of halogens is 1. The van der Waals surface area contributed by atoms with E-state index in [0.717, 1.165) is 6.26 Å². The van der Waals surface area contributed by atoms with Crippen LogP contribution in [-0.4, -0.2) is 25.6 Å². The van der Waals surface area contributed by atoms with Gasteiger partial charge in [0.15, 0.2) is 15.0 Å². The smallest absolute Gasteiger partial charge is 0.267 e. The van der Waals surface area contributed by atoms with E-state index >= 15 is 0 Å². The molecule has 1 N–H and O–H groups in total. The number of benzene rings is 2. The van der Waals surface area contributed by atoms with E-state index < -0.39 is 9.84 Å². The molecule has 0 radical (unpaired) electrons. The third kappa shape index (κ3) is 3.68. The molecule has 1 amide bonds. The van der Waals surface area contributed by atoms with Crippen molar-refractivity contribution in [2.24, 2.45) is 0 Å². The van der Waals surface area contributed by atoms with E-state index in [1.165, 1.54) is 34.8 Å². The van der Waals surface area contributed by atoms with Gasteiger partial charge in [0.25, 0.3) is 5.91 Å². The number of carbonyl (C=O) groups is 1. The van der Waals surface area contributed by atoms with E-state index in [4.69, 9.17) is 0 Å². The molecule has 2 heterocycles. The summed E-state index contributed by atoms with van der Waals surface area (Å²) in [4.78, 5) is 18.1. The van der Waals surface area contributed by atoms with Crippen LogP contribution in [0.5, 0.6) is 0 Å². The zero-order valence-electron chi connectivity index (χ0n) is 14.5. The van der Waals surface area contributed by atoms with Crippen molar-refractivity contribution in [3.63, 3.8) is 0 Å². The highest BCUT2D eigenvalue weighted by Gasteiger charge is 2.15. The summed E-state index contributed by atoms with van der Waals surface area (Å²) in [7, 11) is -3.32. The van der Waals surface area contributed by atoms with Crippen molar-refractivity contribution in [2.75, 3.05) is 11.6 Å². The number of nitrogens with zero attached hydrogens (tertiary/aromatic N) is 1. The number of hydrogen-bond acceptors (Lipinski definition) is 6.